The summed E-state index contributed by atoms with van der Waals surface area (Å²) in [7, 11) is 0. The highest BCUT2D eigenvalue weighted by atomic mass is 79.9. The molecule has 3 rings (SSSR count). The van der Waals surface area contributed by atoms with E-state index in [4.69, 9.17) is 16.0 Å². The van der Waals surface area contributed by atoms with Crippen molar-refractivity contribution in [1.29, 1.82) is 0 Å². The van der Waals surface area contributed by atoms with Crippen LogP contribution in [0.5, 0.6) is 5.75 Å². The lowest BCUT2D eigenvalue weighted by atomic mass is 9.88. The lowest BCUT2D eigenvalue weighted by molar-refractivity contribution is 0.103. The molecule has 142 valence electrons. The van der Waals surface area contributed by atoms with Gasteiger partial charge in [0.2, 0.25) is 0 Å². The van der Waals surface area contributed by atoms with Crippen molar-refractivity contribution in [1.82, 2.24) is 0 Å². The van der Waals surface area contributed by atoms with Crippen LogP contribution in [0.4, 0.5) is 0 Å². The van der Waals surface area contributed by atoms with Crippen LogP contribution in [0.25, 0.3) is 11.0 Å². The van der Waals surface area contributed by atoms with Crippen LogP contribution in [0.1, 0.15) is 48.9 Å². The van der Waals surface area contributed by atoms with Gasteiger partial charge in [-0.1, -0.05) is 32.4 Å². The van der Waals surface area contributed by atoms with Gasteiger partial charge in [-0.05, 0) is 68.0 Å². The maximum atomic E-state index is 13.4. The highest BCUT2D eigenvalue weighted by molar-refractivity contribution is 9.11. The van der Waals surface area contributed by atoms with Gasteiger partial charge in [-0.3, -0.25) is 4.79 Å². The fourth-order valence-corrected chi connectivity index (χ4v) is 4.22. The van der Waals surface area contributed by atoms with Gasteiger partial charge in [0.1, 0.15) is 17.1 Å². The molecule has 0 fully saturated rings. The highest BCUT2D eigenvalue weighted by Gasteiger charge is 2.24. The largest absolute Gasteiger partial charge is 0.506 e. The molecule has 27 heavy (non-hydrogen) atoms. The minimum absolute atomic E-state index is 0.0586. The monoisotopic (exact) mass is 512 g/mol. The molecule has 1 heterocycles. The fraction of sp³-hybridized carbons (Fsp3) is 0.286. The lowest BCUT2D eigenvalue weighted by Gasteiger charge is -2.17. The molecule has 0 bridgehead atoms. The second kappa shape index (κ2) is 7.61. The Morgan fingerprint density at radius 2 is 1.78 bits per heavy atom. The van der Waals surface area contributed by atoms with Gasteiger partial charge in [0.05, 0.1) is 14.5 Å². The predicted octanol–water partition coefficient (Wildman–Crippen LogP) is 7.53. The normalized spacial score (nSPS) is 11.9. The van der Waals surface area contributed by atoms with Crippen LogP contribution in [-0.4, -0.2) is 10.9 Å². The van der Waals surface area contributed by atoms with Crippen LogP contribution >= 0.6 is 43.5 Å². The molecule has 0 saturated heterocycles. The average molecular weight is 515 g/mol. The van der Waals surface area contributed by atoms with Gasteiger partial charge in [0.25, 0.3) is 0 Å². The molecule has 0 amide bonds. The number of hydrogen-bond donors (Lipinski definition) is 1. The summed E-state index contributed by atoms with van der Waals surface area (Å²) < 4.78 is 6.93. The van der Waals surface area contributed by atoms with Crippen molar-refractivity contribution in [2.75, 3.05) is 0 Å². The summed E-state index contributed by atoms with van der Waals surface area (Å²) in [5.41, 5.74) is 1.73. The summed E-state index contributed by atoms with van der Waals surface area (Å²) in [6.45, 7) is 6.46. The number of carbonyl (C=O) groups excluding carboxylic acids is 1. The smallest absolute Gasteiger partial charge is 0.197 e. The van der Waals surface area contributed by atoms with Gasteiger partial charge >= 0.3 is 0 Å². The van der Waals surface area contributed by atoms with Crippen LogP contribution in [0.2, 0.25) is 5.02 Å². The van der Waals surface area contributed by atoms with Gasteiger partial charge in [-0.25, -0.2) is 0 Å². The summed E-state index contributed by atoms with van der Waals surface area (Å²) in [5.74, 6) is 0.567. The number of rotatable bonds is 4. The predicted molar refractivity (Wildman–Crippen MR) is 116 cm³/mol. The molecule has 0 unspecified atom stereocenters. The van der Waals surface area contributed by atoms with E-state index in [-0.39, 0.29) is 16.9 Å². The number of hydrogen-bond acceptors (Lipinski definition) is 3. The van der Waals surface area contributed by atoms with E-state index >= 15 is 0 Å². The van der Waals surface area contributed by atoms with Gasteiger partial charge in [-0.15, -0.1) is 0 Å². The number of phenols is 1. The molecule has 0 aliphatic rings. The number of phenolic OH excluding ortho intramolecular Hbond substituents is 1. The van der Waals surface area contributed by atoms with E-state index in [0.717, 1.165) is 11.8 Å². The van der Waals surface area contributed by atoms with Crippen molar-refractivity contribution < 1.29 is 14.3 Å². The molecule has 0 aliphatic carbocycles. The summed E-state index contributed by atoms with van der Waals surface area (Å²) in [5, 5.41) is 11.2. The highest BCUT2D eigenvalue weighted by Crippen LogP contribution is 2.37. The molecule has 3 nitrogen and oxygen atoms in total. The molecule has 6 heteroatoms. The molecule has 3 aromatic rings. The molecule has 2 aromatic carbocycles. The molecule has 1 aromatic heterocycles. The minimum atomic E-state index is -0.151. The first-order valence-corrected chi connectivity index (χ1v) is 10.5. The average Bonchev–Trinajstić information content (AvgIpc) is 2.93. The van der Waals surface area contributed by atoms with Crippen LogP contribution in [0, 0.1) is 5.41 Å². The van der Waals surface area contributed by atoms with E-state index in [2.05, 4.69) is 52.6 Å². The maximum absolute atomic E-state index is 13.4. The van der Waals surface area contributed by atoms with E-state index in [1.807, 2.05) is 6.07 Å². The topological polar surface area (TPSA) is 50.4 Å². The van der Waals surface area contributed by atoms with E-state index < -0.39 is 0 Å². The van der Waals surface area contributed by atoms with Crippen LogP contribution in [0.3, 0.4) is 0 Å². The Balaban J connectivity index is 2.14. The van der Waals surface area contributed by atoms with Crippen LogP contribution < -0.4 is 0 Å². The SMILES string of the molecule is CC(C)(C)CCc1oc2cc(Cl)ccc2c1C(=O)c1cc(Br)c(O)c(Br)c1. The molecule has 0 spiro atoms. The van der Waals surface area contributed by atoms with Crippen molar-refractivity contribution in [2.24, 2.45) is 5.41 Å². The summed E-state index contributed by atoms with van der Waals surface area (Å²) in [4.78, 5) is 13.4. The van der Waals surface area contributed by atoms with Crippen molar-refractivity contribution in [3.8, 4) is 5.75 Å². The van der Waals surface area contributed by atoms with Gasteiger partial charge < -0.3 is 9.52 Å². The lowest BCUT2D eigenvalue weighted by Crippen LogP contribution is -2.09. The van der Waals surface area contributed by atoms with Gasteiger partial charge in [0.15, 0.2) is 5.78 Å². The maximum Gasteiger partial charge on any atom is 0.197 e. The van der Waals surface area contributed by atoms with E-state index in [0.29, 0.717) is 42.9 Å². The Bertz CT molecular complexity index is 1010. The molecule has 0 radical (unpaired) electrons. The van der Waals surface area contributed by atoms with E-state index in [1.54, 1.807) is 24.3 Å². The molecular formula is C21H19Br2ClO3. The Kier molecular flexibility index (Phi) is 5.76. The van der Waals surface area contributed by atoms with Crippen LogP contribution in [0.15, 0.2) is 43.7 Å². The first-order chi connectivity index (χ1) is 12.6. The summed E-state index contributed by atoms with van der Waals surface area (Å²) in [6.07, 6.45) is 1.53. The Morgan fingerprint density at radius 3 is 2.37 bits per heavy atom. The Morgan fingerprint density at radius 1 is 1.15 bits per heavy atom. The van der Waals surface area contributed by atoms with Crippen molar-refractivity contribution >= 4 is 60.2 Å². The number of ketones is 1. The first-order valence-electron chi connectivity index (χ1n) is 8.50. The van der Waals surface area contributed by atoms with E-state index in [1.165, 1.54) is 0 Å². The molecule has 0 atom stereocenters. The number of aryl methyl sites for hydroxylation is 1. The van der Waals surface area contributed by atoms with Crippen molar-refractivity contribution in [3.63, 3.8) is 0 Å². The molecular weight excluding hydrogens is 495 g/mol. The zero-order valence-electron chi connectivity index (χ0n) is 15.2. The second-order valence-corrected chi connectivity index (χ2v) is 9.86. The number of fused-ring (bicyclic) bond motifs is 1. The third-order valence-corrected chi connectivity index (χ3v) is 5.78. The fourth-order valence-electron chi connectivity index (χ4n) is 2.88. The zero-order valence-corrected chi connectivity index (χ0v) is 19.1. The van der Waals surface area contributed by atoms with Crippen molar-refractivity contribution in [2.45, 2.75) is 33.6 Å². The summed E-state index contributed by atoms with van der Waals surface area (Å²) >= 11 is 12.7. The minimum Gasteiger partial charge on any atom is -0.506 e. The number of benzene rings is 2. The number of halogens is 3. The number of aromatic hydroxyl groups is 1. The van der Waals surface area contributed by atoms with Crippen molar-refractivity contribution in [3.05, 3.63) is 61.2 Å². The molecule has 0 saturated carbocycles. The molecule has 1 N–H and O–H groups in total. The quantitative estimate of drug-likeness (QED) is 0.366. The number of furan rings is 1. The van der Waals surface area contributed by atoms with Gasteiger partial charge in [0, 0.05) is 28.5 Å². The molecule has 0 aliphatic heterocycles. The third-order valence-electron chi connectivity index (χ3n) is 4.33. The van der Waals surface area contributed by atoms with Crippen LogP contribution in [-0.2, 0) is 6.42 Å². The first kappa shape index (κ1) is 20.4. The summed E-state index contributed by atoms with van der Waals surface area (Å²) in [6, 6.07) is 8.54. The van der Waals surface area contributed by atoms with Gasteiger partial charge in [-0.2, -0.15) is 0 Å². The Hall–Kier alpha value is -1.30. The second-order valence-electron chi connectivity index (χ2n) is 7.72. The third kappa shape index (κ3) is 4.41. The Labute approximate surface area is 180 Å². The standard InChI is InChI=1S/C21H19Br2ClO3/c1-21(2,3)7-6-16-18(13-5-4-12(24)10-17(13)27-16)19(25)11-8-14(22)20(26)15(23)9-11/h4-5,8-10,26H,6-7H2,1-3H3. The van der Waals surface area contributed by atoms with E-state index in [9.17, 15) is 9.90 Å². The number of carbonyl (C=O) groups is 1. The zero-order chi connectivity index (χ0) is 19.9.